The molecule has 2 N–H and O–H groups in total. The maximum absolute atomic E-state index is 12.9. The molecule has 4 rings (SSSR count). The lowest BCUT2D eigenvalue weighted by Gasteiger charge is -2.27. The van der Waals surface area contributed by atoms with Gasteiger partial charge >= 0.3 is 12.1 Å². The lowest BCUT2D eigenvalue weighted by atomic mass is 9.99. The number of fused-ring (bicyclic) bond motifs is 1. The number of aromatic carboxylic acids is 1. The highest BCUT2D eigenvalue weighted by molar-refractivity contribution is 5.94. The van der Waals surface area contributed by atoms with Crippen LogP contribution in [0.25, 0.3) is 0 Å². The molecule has 0 saturated carbocycles. The largest absolute Gasteiger partial charge is 0.478 e. The molecule has 36 heavy (non-hydrogen) atoms. The zero-order chi connectivity index (χ0) is 26.0. The molecular formula is C27H26F3N3O3. The van der Waals surface area contributed by atoms with Gasteiger partial charge in [0.15, 0.2) is 0 Å². The minimum absolute atomic E-state index is 0.0212. The molecule has 0 fully saturated rings. The van der Waals surface area contributed by atoms with Crippen LogP contribution >= 0.6 is 0 Å². The monoisotopic (exact) mass is 497 g/mol. The summed E-state index contributed by atoms with van der Waals surface area (Å²) in [5, 5.41) is 11.8. The maximum Gasteiger partial charge on any atom is 0.416 e. The van der Waals surface area contributed by atoms with Crippen molar-refractivity contribution in [1.82, 2.24) is 15.2 Å². The maximum atomic E-state index is 12.9. The van der Waals surface area contributed by atoms with Gasteiger partial charge in [0.2, 0.25) is 0 Å². The van der Waals surface area contributed by atoms with Crippen molar-refractivity contribution < 1.29 is 27.9 Å². The molecule has 1 aromatic heterocycles. The molecular weight excluding hydrogens is 471 g/mol. The van der Waals surface area contributed by atoms with Crippen molar-refractivity contribution in [1.29, 1.82) is 0 Å². The summed E-state index contributed by atoms with van der Waals surface area (Å²) in [5.41, 5.74) is 3.24. The van der Waals surface area contributed by atoms with Gasteiger partial charge in [0.1, 0.15) is 0 Å². The van der Waals surface area contributed by atoms with Crippen LogP contribution in [0.1, 0.15) is 68.6 Å². The number of carbonyl (C=O) groups is 2. The van der Waals surface area contributed by atoms with Crippen LogP contribution in [0.2, 0.25) is 0 Å². The van der Waals surface area contributed by atoms with Gasteiger partial charge in [-0.05, 0) is 52.9 Å². The molecule has 6 nitrogen and oxygen atoms in total. The van der Waals surface area contributed by atoms with Gasteiger partial charge in [-0.15, -0.1) is 0 Å². The third-order valence-electron chi connectivity index (χ3n) is 6.26. The molecule has 0 bridgehead atoms. The van der Waals surface area contributed by atoms with Crippen LogP contribution < -0.4 is 5.32 Å². The first-order chi connectivity index (χ1) is 17.0. The number of halogens is 3. The Labute approximate surface area is 206 Å². The van der Waals surface area contributed by atoms with E-state index in [4.69, 9.17) is 5.11 Å². The lowest BCUT2D eigenvalue weighted by Crippen LogP contribution is -2.25. The number of nitrogens with one attached hydrogen (secondary N) is 1. The van der Waals surface area contributed by atoms with Crippen LogP contribution in [-0.2, 0) is 25.8 Å². The summed E-state index contributed by atoms with van der Waals surface area (Å²) < 4.78 is 38.7. The van der Waals surface area contributed by atoms with Crippen LogP contribution in [0, 0.1) is 5.92 Å². The Morgan fingerprint density at radius 1 is 1.06 bits per heavy atom. The van der Waals surface area contributed by atoms with E-state index < -0.39 is 17.7 Å². The van der Waals surface area contributed by atoms with E-state index in [1.54, 1.807) is 18.3 Å². The van der Waals surface area contributed by atoms with Crippen LogP contribution in [0.4, 0.5) is 13.2 Å². The summed E-state index contributed by atoms with van der Waals surface area (Å²) in [6, 6.07) is 13.2. The van der Waals surface area contributed by atoms with E-state index in [-0.39, 0.29) is 30.0 Å². The van der Waals surface area contributed by atoms with Gasteiger partial charge in [-0.25, -0.2) is 4.79 Å². The molecule has 3 aromatic rings. The fourth-order valence-electron chi connectivity index (χ4n) is 4.50. The number of pyridine rings is 1. The Hall–Kier alpha value is -3.72. The fraction of sp³-hybridized carbons (Fsp3) is 0.296. The third-order valence-corrected chi connectivity index (χ3v) is 6.26. The predicted molar refractivity (Wildman–Crippen MR) is 127 cm³/mol. The Bertz CT molecular complexity index is 1260. The van der Waals surface area contributed by atoms with Crippen molar-refractivity contribution in [3.05, 3.63) is 99.9 Å². The van der Waals surface area contributed by atoms with Crippen molar-refractivity contribution >= 4 is 11.9 Å². The molecule has 1 amide bonds. The second-order valence-corrected chi connectivity index (χ2v) is 9.24. The molecule has 0 spiro atoms. The van der Waals surface area contributed by atoms with Gasteiger partial charge in [0.05, 0.1) is 28.4 Å². The Kier molecular flexibility index (Phi) is 7.12. The number of hydrogen-bond acceptors (Lipinski definition) is 4. The molecule has 1 atom stereocenters. The zero-order valence-corrected chi connectivity index (χ0v) is 19.8. The summed E-state index contributed by atoms with van der Waals surface area (Å²) in [5.74, 6) is -1.10. The van der Waals surface area contributed by atoms with Crippen molar-refractivity contribution in [2.24, 2.45) is 5.92 Å². The number of nitrogens with zero attached hydrogens (tertiary/aromatic N) is 2. The lowest BCUT2D eigenvalue weighted by molar-refractivity contribution is -0.137. The van der Waals surface area contributed by atoms with Gasteiger partial charge < -0.3 is 10.4 Å². The van der Waals surface area contributed by atoms with Crippen molar-refractivity contribution in [2.45, 2.75) is 45.7 Å². The number of aromatic nitrogens is 1. The minimum Gasteiger partial charge on any atom is -0.478 e. The van der Waals surface area contributed by atoms with E-state index in [1.807, 2.05) is 6.07 Å². The van der Waals surface area contributed by atoms with Crippen LogP contribution in [0.15, 0.2) is 60.8 Å². The van der Waals surface area contributed by atoms with Crippen LogP contribution in [0.3, 0.4) is 0 Å². The average molecular weight is 498 g/mol. The second kappa shape index (κ2) is 10.1. The third kappa shape index (κ3) is 5.57. The number of carboxylic acid groups (broad SMARTS) is 1. The van der Waals surface area contributed by atoms with Gasteiger partial charge in [-0.3, -0.25) is 14.7 Å². The number of carbonyl (C=O) groups excluding carboxylic acids is 1. The molecule has 0 radical (unpaired) electrons. The van der Waals surface area contributed by atoms with Crippen LogP contribution in [0.5, 0.6) is 0 Å². The number of alkyl halides is 3. The first kappa shape index (κ1) is 25.4. The van der Waals surface area contributed by atoms with Gasteiger partial charge in [-0.2, -0.15) is 13.2 Å². The quantitative estimate of drug-likeness (QED) is 0.454. The van der Waals surface area contributed by atoms with E-state index in [0.29, 0.717) is 18.7 Å². The van der Waals surface area contributed by atoms with E-state index in [9.17, 15) is 22.8 Å². The van der Waals surface area contributed by atoms with E-state index in [2.05, 4.69) is 29.0 Å². The van der Waals surface area contributed by atoms with Crippen molar-refractivity contribution in [3.63, 3.8) is 0 Å². The summed E-state index contributed by atoms with van der Waals surface area (Å²) in [6.45, 7) is 5.37. The van der Waals surface area contributed by atoms with Gasteiger partial charge in [-0.1, -0.05) is 38.1 Å². The molecule has 2 aromatic carbocycles. The predicted octanol–water partition coefficient (Wildman–Crippen LogP) is 5.44. The second-order valence-electron chi connectivity index (χ2n) is 9.24. The Morgan fingerprint density at radius 2 is 1.69 bits per heavy atom. The number of benzene rings is 2. The SMILES string of the molecule is CC(C)C1c2ncc(C(=O)NCc3ccc(C(=O)O)cc3)cc2CN1Cc1ccc(C(F)(F)F)cc1. The standard InChI is InChI=1S/C27H26F3N3O3/c1-16(2)24-23-21(15-33(24)14-18-5-9-22(10-6-18)27(28,29)30)11-20(13-31-23)25(34)32-12-17-3-7-19(8-4-17)26(35)36/h3-11,13,16,24H,12,14-15H2,1-2H3,(H,32,34)(H,35,36). The molecule has 0 aliphatic carbocycles. The normalized spacial score (nSPS) is 15.7. The summed E-state index contributed by atoms with van der Waals surface area (Å²) >= 11 is 0. The molecule has 1 aliphatic rings. The molecule has 1 unspecified atom stereocenters. The van der Waals surface area contributed by atoms with E-state index in [1.165, 1.54) is 24.3 Å². The smallest absolute Gasteiger partial charge is 0.416 e. The number of carboxylic acids is 1. The first-order valence-corrected chi connectivity index (χ1v) is 11.5. The Balaban J connectivity index is 1.45. The summed E-state index contributed by atoms with van der Waals surface area (Å²) in [7, 11) is 0. The Morgan fingerprint density at radius 3 is 2.28 bits per heavy atom. The summed E-state index contributed by atoms with van der Waals surface area (Å²) in [6.07, 6.45) is -2.83. The molecule has 9 heteroatoms. The molecule has 1 aliphatic heterocycles. The van der Waals surface area contributed by atoms with E-state index in [0.717, 1.165) is 34.5 Å². The van der Waals surface area contributed by atoms with Crippen molar-refractivity contribution in [2.75, 3.05) is 0 Å². The average Bonchev–Trinajstić information content (AvgIpc) is 3.19. The first-order valence-electron chi connectivity index (χ1n) is 11.5. The topological polar surface area (TPSA) is 82.5 Å². The van der Waals surface area contributed by atoms with Crippen molar-refractivity contribution in [3.8, 4) is 0 Å². The molecule has 0 saturated heterocycles. The molecule has 2 heterocycles. The number of rotatable bonds is 7. The van der Waals surface area contributed by atoms with Crippen LogP contribution in [-0.4, -0.2) is 26.9 Å². The summed E-state index contributed by atoms with van der Waals surface area (Å²) in [4.78, 5) is 30.5. The zero-order valence-electron chi connectivity index (χ0n) is 19.8. The number of hydrogen-bond donors (Lipinski definition) is 2. The highest BCUT2D eigenvalue weighted by Gasteiger charge is 2.35. The minimum atomic E-state index is -4.37. The van der Waals surface area contributed by atoms with E-state index >= 15 is 0 Å². The molecule has 188 valence electrons. The highest BCUT2D eigenvalue weighted by atomic mass is 19.4. The van der Waals surface area contributed by atoms with Gasteiger partial charge in [0, 0.05) is 25.8 Å². The van der Waals surface area contributed by atoms with Gasteiger partial charge in [0.25, 0.3) is 5.91 Å². The highest BCUT2D eigenvalue weighted by Crippen LogP contribution is 2.39. The number of amides is 1. The fourth-order valence-corrected chi connectivity index (χ4v) is 4.50.